The molecule has 1 rings (SSSR count). The van der Waals surface area contributed by atoms with Crippen LogP contribution < -0.4 is 11.1 Å². The summed E-state index contributed by atoms with van der Waals surface area (Å²) in [6, 6.07) is 5.35. The summed E-state index contributed by atoms with van der Waals surface area (Å²) in [6.07, 6.45) is 2.78. The van der Waals surface area contributed by atoms with Crippen molar-refractivity contribution in [1.82, 2.24) is 10.3 Å². The summed E-state index contributed by atoms with van der Waals surface area (Å²) < 4.78 is 0. The molecule has 0 radical (unpaired) electrons. The van der Waals surface area contributed by atoms with Gasteiger partial charge in [-0.3, -0.25) is 9.78 Å². The lowest BCUT2D eigenvalue weighted by Gasteiger charge is -2.11. The Morgan fingerprint density at radius 1 is 1.53 bits per heavy atom. The van der Waals surface area contributed by atoms with E-state index in [0.29, 0.717) is 6.54 Å². The Labute approximate surface area is 103 Å². The van der Waals surface area contributed by atoms with Gasteiger partial charge in [0.05, 0.1) is 18.3 Å². The van der Waals surface area contributed by atoms with Crippen LogP contribution in [0.3, 0.4) is 0 Å². The minimum absolute atomic E-state index is 0.0956. The van der Waals surface area contributed by atoms with Crippen molar-refractivity contribution in [3.63, 3.8) is 0 Å². The lowest BCUT2D eigenvalue weighted by atomic mass is 10.1. The highest BCUT2D eigenvalue weighted by Gasteiger charge is 2.11. The fourth-order valence-corrected chi connectivity index (χ4v) is 1.56. The maximum atomic E-state index is 11.6. The van der Waals surface area contributed by atoms with Gasteiger partial charge in [0.2, 0.25) is 5.91 Å². The van der Waals surface area contributed by atoms with Crippen molar-refractivity contribution in [2.75, 3.05) is 0 Å². The molecule has 0 bridgehead atoms. The summed E-state index contributed by atoms with van der Waals surface area (Å²) in [5.41, 5.74) is 7.58. The second kappa shape index (κ2) is 7.01. The molecule has 17 heavy (non-hydrogen) atoms. The van der Waals surface area contributed by atoms with Crippen LogP contribution in [0, 0.1) is 6.92 Å². The number of nitrogens with two attached hydrogens (primary N) is 1. The van der Waals surface area contributed by atoms with E-state index in [-0.39, 0.29) is 5.91 Å². The van der Waals surface area contributed by atoms with Crippen molar-refractivity contribution in [3.8, 4) is 0 Å². The van der Waals surface area contributed by atoms with Crippen LogP contribution in [0.15, 0.2) is 18.2 Å². The summed E-state index contributed by atoms with van der Waals surface area (Å²) in [6.45, 7) is 4.46. The summed E-state index contributed by atoms with van der Waals surface area (Å²) >= 11 is 0. The molecule has 0 saturated heterocycles. The molecule has 1 heterocycles. The van der Waals surface area contributed by atoms with Crippen LogP contribution in [-0.4, -0.2) is 16.9 Å². The number of aryl methyl sites for hydroxylation is 1. The quantitative estimate of drug-likeness (QED) is 0.785. The van der Waals surface area contributed by atoms with Gasteiger partial charge in [-0.25, -0.2) is 0 Å². The van der Waals surface area contributed by atoms with Crippen LogP contribution in [0.5, 0.6) is 0 Å². The molecule has 1 amide bonds. The fourth-order valence-electron chi connectivity index (χ4n) is 1.56. The fraction of sp³-hybridized carbons (Fsp3) is 0.538. The third-order valence-electron chi connectivity index (χ3n) is 2.60. The zero-order valence-corrected chi connectivity index (χ0v) is 10.6. The number of nitrogens with one attached hydrogen (secondary N) is 1. The van der Waals surface area contributed by atoms with E-state index in [1.54, 1.807) is 0 Å². The van der Waals surface area contributed by atoms with Crippen LogP contribution in [0.2, 0.25) is 0 Å². The Balaban J connectivity index is 2.37. The van der Waals surface area contributed by atoms with Gasteiger partial charge in [0.1, 0.15) is 0 Å². The van der Waals surface area contributed by atoms with Gasteiger partial charge in [-0.1, -0.05) is 25.8 Å². The predicted molar refractivity (Wildman–Crippen MR) is 68.3 cm³/mol. The first-order valence-electron chi connectivity index (χ1n) is 6.09. The van der Waals surface area contributed by atoms with Gasteiger partial charge in [0.25, 0.3) is 0 Å². The van der Waals surface area contributed by atoms with Crippen molar-refractivity contribution in [2.24, 2.45) is 5.73 Å². The third kappa shape index (κ3) is 4.95. The standard InChI is InChI=1S/C13H21N3O/c1-3-4-8-12(14)13(17)15-9-11-7-5-6-10(2)16-11/h5-7,12H,3-4,8-9,14H2,1-2H3,(H,15,17)/t12-/m0/s1. The minimum atomic E-state index is -0.403. The van der Waals surface area contributed by atoms with Gasteiger partial charge in [0, 0.05) is 5.69 Å². The van der Waals surface area contributed by atoms with Crippen molar-refractivity contribution in [2.45, 2.75) is 45.7 Å². The average Bonchev–Trinajstić information content (AvgIpc) is 2.33. The molecule has 0 aliphatic heterocycles. The second-order valence-corrected chi connectivity index (χ2v) is 4.24. The first-order valence-corrected chi connectivity index (χ1v) is 6.09. The number of unbranched alkanes of at least 4 members (excludes halogenated alkanes) is 1. The highest BCUT2D eigenvalue weighted by Crippen LogP contribution is 2.00. The number of amides is 1. The van der Waals surface area contributed by atoms with Gasteiger partial charge in [-0.15, -0.1) is 0 Å². The number of rotatable bonds is 6. The number of hydrogen-bond donors (Lipinski definition) is 2. The molecule has 0 aliphatic rings. The van der Waals surface area contributed by atoms with Gasteiger partial charge in [0.15, 0.2) is 0 Å². The lowest BCUT2D eigenvalue weighted by molar-refractivity contribution is -0.122. The summed E-state index contributed by atoms with van der Waals surface area (Å²) in [4.78, 5) is 16.0. The van der Waals surface area contributed by atoms with E-state index in [1.807, 2.05) is 25.1 Å². The number of hydrogen-bond acceptors (Lipinski definition) is 3. The molecule has 4 nitrogen and oxygen atoms in total. The van der Waals surface area contributed by atoms with Crippen LogP contribution >= 0.6 is 0 Å². The van der Waals surface area contributed by atoms with E-state index in [0.717, 1.165) is 30.7 Å². The molecule has 94 valence electrons. The molecule has 1 aromatic rings. The van der Waals surface area contributed by atoms with E-state index < -0.39 is 6.04 Å². The SMILES string of the molecule is CCCC[C@H](N)C(=O)NCc1cccc(C)n1. The molecule has 0 spiro atoms. The van der Waals surface area contributed by atoms with E-state index in [9.17, 15) is 4.79 Å². The number of carbonyl (C=O) groups excluding carboxylic acids is 1. The smallest absolute Gasteiger partial charge is 0.237 e. The Bertz CT molecular complexity index is 365. The van der Waals surface area contributed by atoms with Crippen molar-refractivity contribution in [3.05, 3.63) is 29.6 Å². The Morgan fingerprint density at radius 2 is 2.29 bits per heavy atom. The maximum Gasteiger partial charge on any atom is 0.237 e. The Morgan fingerprint density at radius 3 is 2.94 bits per heavy atom. The molecular formula is C13H21N3O. The van der Waals surface area contributed by atoms with E-state index >= 15 is 0 Å². The van der Waals surface area contributed by atoms with Gasteiger partial charge < -0.3 is 11.1 Å². The number of carbonyl (C=O) groups is 1. The predicted octanol–water partition coefficient (Wildman–Crippen LogP) is 1.52. The van der Waals surface area contributed by atoms with Gasteiger partial charge in [-0.05, 0) is 25.5 Å². The van der Waals surface area contributed by atoms with E-state index in [2.05, 4.69) is 17.2 Å². The van der Waals surface area contributed by atoms with Crippen LogP contribution in [0.1, 0.15) is 37.6 Å². The molecule has 0 aliphatic carbocycles. The molecule has 0 unspecified atom stereocenters. The molecule has 0 saturated carbocycles. The summed E-state index contributed by atoms with van der Waals surface area (Å²) in [7, 11) is 0. The largest absolute Gasteiger partial charge is 0.349 e. The molecule has 0 aromatic carbocycles. The monoisotopic (exact) mass is 235 g/mol. The second-order valence-electron chi connectivity index (χ2n) is 4.24. The van der Waals surface area contributed by atoms with Crippen LogP contribution in [0.25, 0.3) is 0 Å². The van der Waals surface area contributed by atoms with E-state index in [4.69, 9.17) is 5.73 Å². The maximum absolute atomic E-state index is 11.6. The topological polar surface area (TPSA) is 68.0 Å². The molecule has 0 fully saturated rings. The highest BCUT2D eigenvalue weighted by atomic mass is 16.2. The Hall–Kier alpha value is -1.42. The number of pyridine rings is 1. The summed E-state index contributed by atoms with van der Waals surface area (Å²) in [5, 5.41) is 2.81. The molecular weight excluding hydrogens is 214 g/mol. The normalized spacial score (nSPS) is 12.2. The first-order chi connectivity index (χ1) is 8.13. The van der Waals surface area contributed by atoms with Gasteiger partial charge in [-0.2, -0.15) is 0 Å². The average molecular weight is 235 g/mol. The van der Waals surface area contributed by atoms with Crippen molar-refractivity contribution >= 4 is 5.91 Å². The molecule has 1 atom stereocenters. The van der Waals surface area contributed by atoms with Crippen LogP contribution in [-0.2, 0) is 11.3 Å². The first kappa shape index (κ1) is 13.6. The molecule has 4 heteroatoms. The molecule has 3 N–H and O–H groups in total. The summed E-state index contributed by atoms with van der Waals surface area (Å²) in [5.74, 6) is -0.0956. The molecule has 1 aromatic heterocycles. The number of nitrogens with zero attached hydrogens (tertiary/aromatic N) is 1. The Kier molecular flexibility index (Phi) is 5.63. The number of aromatic nitrogens is 1. The zero-order chi connectivity index (χ0) is 12.7. The van der Waals surface area contributed by atoms with Crippen LogP contribution in [0.4, 0.5) is 0 Å². The van der Waals surface area contributed by atoms with Crippen molar-refractivity contribution in [1.29, 1.82) is 0 Å². The highest BCUT2D eigenvalue weighted by molar-refractivity contribution is 5.81. The van der Waals surface area contributed by atoms with E-state index in [1.165, 1.54) is 0 Å². The lowest BCUT2D eigenvalue weighted by Crippen LogP contribution is -2.40. The zero-order valence-electron chi connectivity index (χ0n) is 10.6. The van der Waals surface area contributed by atoms with Gasteiger partial charge >= 0.3 is 0 Å². The minimum Gasteiger partial charge on any atom is -0.349 e. The third-order valence-corrected chi connectivity index (χ3v) is 2.60. The van der Waals surface area contributed by atoms with Crippen molar-refractivity contribution < 1.29 is 4.79 Å².